The molecule has 0 aliphatic carbocycles. The first-order valence-corrected chi connectivity index (χ1v) is 4.57. The Labute approximate surface area is 84.9 Å². The Morgan fingerprint density at radius 2 is 1.93 bits per heavy atom. The van der Waals surface area contributed by atoms with Crippen LogP contribution in [0.3, 0.4) is 0 Å². The van der Waals surface area contributed by atoms with Crippen molar-refractivity contribution in [1.82, 2.24) is 0 Å². The van der Waals surface area contributed by atoms with Gasteiger partial charge in [-0.15, -0.1) is 0 Å². The summed E-state index contributed by atoms with van der Waals surface area (Å²) in [7, 11) is 3.52. The highest BCUT2D eigenvalue weighted by Gasteiger charge is 2.07. The van der Waals surface area contributed by atoms with Crippen LogP contribution in [0.5, 0.6) is 5.75 Å². The quantitative estimate of drug-likeness (QED) is 0.745. The molecule has 0 saturated carbocycles. The maximum absolute atomic E-state index is 9.02. The topological polar surface area (TPSA) is 32.7 Å². The van der Waals surface area contributed by atoms with Crippen molar-refractivity contribution in [1.29, 1.82) is 0 Å². The summed E-state index contributed by atoms with van der Waals surface area (Å²) in [5, 5.41) is 9.02. The van der Waals surface area contributed by atoms with Crippen LogP contribution in [-0.2, 0) is 0 Å². The molecule has 1 aromatic rings. The summed E-state index contributed by atoms with van der Waals surface area (Å²) in [6, 6.07) is 4.00. The average Bonchev–Trinajstić information content (AvgIpc) is 2.19. The summed E-state index contributed by atoms with van der Waals surface area (Å²) in [6.07, 6.45) is 0. The Hall–Kier alpha value is -1.22. The van der Waals surface area contributed by atoms with Gasteiger partial charge in [-0.2, -0.15) is 0 Å². The van der Waals surface area contributed by atoms with Crippen molar-refractivity contribution in [2.45, 2.75) is 13.8 Å². The minimum absolute atomic E-state index is 0.0204. The minimum atomic E-state index is 0.0204. The molecule has 14 heavy (non-hydrogen) atoms. The van der Waals surface area contributed by atoms with E-state index in [-0.39, 0.29) is 6.73 Å². The third-order valence-corrected chi connectivity index (χ3v) is 2.34. The summed E-state index contributed by atoms with van der Waals surface area (Å²) in [5.74, 6) is 0.887. The molecule has 3 nitrogen and oxygen atoms in total. The highest BCUT2D eigenvalue weighted by Crippen LogP contribution is 2.27. The number of rotatable bonds is 3. The molecule has 0 bridgehead atoms. The van der Waals surface area contributed by atoms with Gasteiger partial charge in [0.15, 0.2) is 0 Å². The molecule has 0 radical (unpaired) electrons. The molecule has 3 heteroatoms. The van der Waals surface area contributed by atoms with Crippen LogP contribution in [0.25, 0.3) is 0 Å². The van der Waals surface area contributed by atoms with E-state index in [9.17, 15) is 0 Å². The molecule has 78 valence electrons. The second-order valence-electron chi connectivity index (χ2n) is 3.45. The van der Waals surface area contributed by atoms with Gasteiger partial charge in [0.25, 0.3) is 0 Å². The van der Waals surface area contributed by atoms with Crippen LogP contribution in [0.4, 0.5) is 5.69 Å². The lowest BCUT2D eigenvalue weighted by atomic mass is 10.1. The standard InChI is InChI=1S/C11H17NO2/c1-8-6-11(14-4)9(2)5-10(8)12(3)7-13/h5-6,13H,7H2,1-4H3. The Morgan fingerprint density at radius 3 is 2.43 bits per heavy atom. The van der Waals surface area contributed by atoms with Gasteiger partial charge in [-0.3, -0.25) is 0 Å². The van der Waals surface area contributed by atoms with E-state index in [1.165, 1.54) is 0 Å². The molecule has 0 amide bonds. The largest absolute Gasteiger partial charge is 0.496 e. The molecule has 0 aliphatic heterocycles. The molecule has 0 heterocycles. The normalized spacial score (nSPS) is 10.1. The molecule has 0 atom stereocenters. The number of benzene rings is 1. The summed E-state index contributed by atoms with van der Waals surface area (Å²) in [4.78, 5) is 1.79. The summed E-state index contributed by atoms with van der Waals surface area (Å²) >= 11 is 0. The van der Waals surface area contributed by atoms with Gasteiger partial charge in [-0.1, -0.05) is 0 Å². The van der Waals surface area contributed by atoms with Crippen LogP contribution in [0.1, 0.15) is 11.1 Å². The SMILES string of the molecule is COc1cc(C)c(N(C)CO)cc1C. The van der Waals surface area contributed by atoms with Crippen LogP contribution < -0.4 is 9.64 Å². The summed E-state index contributed by atoms with van der Waals surface area (Å²) in [6.45, 7) is 4.02. The highest BCUT2D eigenvalue weighted by molar-refractivity contribution is 5.58. The van der Waals surface area contributed by atoms with E-state index in [4.69, 9.17) is 9.84 Å². The minimum Gasteiger partial charge on any atom is -0.496 e. The van der Waals surface area contributed by atoms with Crippen LogP contribution in [-0.4, -0.2) is 26.0 Å². The molecule has 0 aliphatic rings. The zero-order valence-electron chi connectivity index (χ0n) is 9.16. The third-order valence-electron chi connectivity index (χ3n) is 2.34. The maximum atomic E-state index is 9.02. The zero-order valence-corrected chi connectivity index (χ0v) is 9.16. The molecule has 0 fully saturated rings. The van der Waals surface area contributed by atoms with Gasteiger partial charge in [0.1, 0.15) is 12.5 Å². The molecule has 0 aromatic heterocycles. The lowest BCUT2D eigenvalue weighted by Gasteiger charge is -2.20. The molecule has 1 aromatic carbocycles. The Bertz CT molecular complexity index is 323. The molecule has 1 rings (SSSR count). The molecule has 0 saturated heterocycles. The fourth-order valence-electron chi connectivity index (χ4n) is 1.48. The number of aryl methyl sites for hydroxylation is 2. The number of hydrogen-bond donors (Lipinski definition) is 1. The Morgan fingerprint density at radius 1 is 1.29 bits per heavy atom. The number of methoxy groups -OCH3 is 1. The molecular weight excluding hydrogens is 178 g/mol. The zero-order chi connectivity index (χ0) is 10.7. The van der Waals surface area contributed by atoms with Gasteiger partial charge in [-0.05, 0) is 37.1 Å². The van der Waals surface area contributed by atoms with E-state index in [1.807, 2.05) is 33.0 Å². The van der Waals surface area contributed by atoms with E-state index in [2.05, 4.69) is 0 Å². The first-order chi connectivity index (χ1) is 6.60. The van der Waals surface area contributed by atoms with Crippen LogP contribution in [0.2, 0.25) is 0 Å². The smallest absolute Gasteiger partial charge is 0.122 e. The van der Waals surface area contributed by atoms with Crippen molar-refractivity contribution < 1.29 is 9.84 Å². The number of ether oxygens (including phenoxy) is 1. The van der Waals surface area contributed by atoms with E-state index < -0.39 is 0 Å². The number of aliphatic hydroxyl groups is 1. The lowest BCUT2D eigenvalue weighted by Crippen LogP contribution is -2.18. The average molecular weight is 195 g/mol. The first-order valence-electron chi connectivity index (χ1n) is 4.57. The number of anilines is 1. The summed E-state index contributed by atoms with van der Waals surface area (Å²) < 4.78 is 5.21. The Kier molecular flexibility index (Phi) is 3.36. The van der Waals surface area contributed by atoms with Crippen LogP contribution >= 0.6 is 0 Å². The molecular formula is C11H17NO2. The van der Waals surface area contributed by atoms with Gasteiger partial charge in [0.2, 0.25) is 0 Å². The van der Waals surface area contributed by atoms with Crippen molar-refractivity contribution in [3.8, 4) is 5.75 Å². The number of hydrogen-bond acceptors (Lipinski definition) is 3. The van der Waals surface area contributed by atoms with Crippen molar-refractivity contribution in [2.24, 2.45) is 0 Å². The summed E-state index contributed by atoms with van der Waals surface area (Å²) in [5.41, 5.74) is 3.21. The van der Waals surface area contributed by atoms with E-state index in [0.29, 0.717) is 0 Å². The van der Waals surface area contributed by atoms with Crippen molar-refractivity contribution in [3.05, 3.63) is 23.3 Å². The second-order valence-corrected chi connectivity index (χ2v) is 3.45. The van der Waals surface area contributed by atoms with Crippen molar-refractivity contribution >= 4 is 5.69 Å². The van der Waals surface area contributed by atoms with Gasteiger partial charge < -0.3 is 14.7 Å². The van der Waals surface area contributed by atoms with Crippen LogP contribution in [0, 0.1) is 13.8 Å². The number of nitrogens with zero attached hydrogens (tertiary/aromatic N) is 1. The monoisotopic (exact) mass is 195 g/mol. The third kappa shape index (κ3) is 1.99. The molecule has 1 N–H and O–H groups in total. The van der Waals surface area contributed by atoms with Crippen molar-refractivity contribution in [2.75, 3.05) is 25.8 Å². The van der Waals surface area contributed by atoms with Crippen LogP contribution in [0.15, 0.2) is 12.1 Å². The van der Waals surface area contributed by atoms with E-state index in [0.717, 1.165) is 22.6 Å². The Balaban J connectivity index is 3.14. The van der Waals surface area contributed by atoms with Gasteiger partial charge in [-0.25, -0.2) is 0 Å². The lowest BCUT2D eigenvalue weighted by molar-refractivity contribution is 0.298. The fourth-order valence-corrected chi connectivity index (χ4v) is 1.48. The second kappa shape index (κ2) is 4.33. The molecule has 0 spiro atoms. The van der Waals surface area contributed by atoms with Gasteiger partial charge in [0.05, 0.1) is 7.11 Å². The maximum Gasteiger partial charge on any atom is 0.122 e. The van der Waals surface area contributed by atoms with E-state index >= 15 is 0 Å². The molecule has 0 unspecified atom stereocenters. The van der Waals surface area contributed by atoms with Crippen molar-refractivity contribution in [3.63, 3.8) is 0 Å². The predicted octanol–water partition coefficient (Wildman–Crippen LogP) is 1.70. The van der Waals surface area contributed by atoms with Gasteiger partial charge >= 0.3 is 0 Å². The number of aliphatic hydroxyl groups excluding tert-OH is 1. The van der Waals surface area contributed by atoms with Gasteiger partial charge in [0, 0.05) is 12.7 Å². The predicted molar refractivity (Wildman–Crippen MR) is 58.0 cm³/mol. The van der Waals surface area contributed by atoms with E-state index in [1.54, 1.807) is 12.0 Å². The fraction of sp³-hybridized carbons (Fsp3) is 0.455. The highest BCUT2D eigenvalue weighted by atomic mass is 16.5. The first kappa shape index (κ1) is 10.9.